The van der Waals surface area contributed by atoms with Crippen molar-refractivity contribution in [2.45, 2.75) is 32.8 Å². The fraction of sp³-hybridized carbons (Fsp3) is 0.467. The highest BCUT2D eigenvalue weighted by Gasteiger charge is 2.14. The van der Waals surface area contributed by atoms with Gasteiger partial charge >= 0.3 is 0 Å². The topological polar surface area (TPSA) is 83.4 Å². The molecule has 0 aliphatic carbocycles. The molecule has 0 atom stereocenters. The van der Waals surface area contributed by atoms with Crippen LogP contribution in [0.3, 0.4) is 0 Å². The number of benzene rings is 1. The molecule has 2 rings (SSSR count). The van der Waals surface area contributed by atoms with E-state index in [1.807, 2.05) is 32.0 Å². The molecule has 1 aromatic heterocycles. The van der Waals surface area contributed by atoms with Gasteiger partial charge in [-0.2, -0.15) is 4.98 Å². The Labute approximate surface area is 124 Å². The first kappa shape index (κ1) is 15.3. The van der Waals surface area contributed by atoms with Crippen LogP contribution in [0.25, 0.3) is 0 Å². The minimum atomic E-state index is 0.199. The molecule has 0 amide bonds. The minimum Gasteiger partial charge on any atom is -0.493 e. The van der Waals surface area contributed by atoms with Gasteiger partial charge in [0.15, 0.2) is 18.1 Å². The van der Waals surface area contributed by atoms with Crippen molar-refractivity contribution < 1.29 is 14.0 Å². The Bertz CT molecular complexity index is 581. The quantitative estimate of drug-likeness (QED) is 0.842. The molecule has 2 N–H and O–H groups in total. The first-order chi connectivity index (χ1) is 10.2. The molecule has 114 valence electrons. The van der Waals surface area contributed by atoms with Crippen molar-refractivity contribution >= 4 is 0 Å². The van der Waals surface area contributed by atoms with E-state index < -0.39 is 0 Å². The van der Waals surface area contributed by atoms with Crippen LogP contribution < -0.4 is 15.2 Å². The third-order valence-corrected chi connectivity index (χ3v) is 3.02. The number of methoxy groups -OCH3 is 1. The van der Waals surface area contributed by atoms with Gasteiger partial charge in [0.05, 0.1) is 7.11 Å². The maximum absolute atomic E-state index is 5.83. The summed E-state index contributed by atoms with van der Waals surface area (Å²) in [6.07, 6.45) is 0.718. The maximum Gasteiger partial charge on any atom is 0.229 e. The lowest BCUT2D eigenvalue weighted by atomic mass is 10.1. The Kier molecular flexibility index (Phi) is 5.16. The zero-order chi connectivity index (χ0) is 15.2. The van der Waals surface area contributed by atoms with Crippen molar-refractivity contribution in [3.8, 4) is 11.5 Å². The van der Waals surface area contributed by atoms with Gasteiger partial charge in [0, 0.05) is 5.92 Å². The van der Waals surface area contributed by atoms with Crippen LogP contribution in [0.15, 0.2) is 22.7 Å². The second-order valence-electron chi connectivity index (χ2n) is 4.98. The van der Waals surface area contributed by atoms with Crippen LogP contribution in [0, 0.1) is 0 Å². The molecular weight excluding hydrogens is 270 g/mol. The summed E-state index contributed by atoms with van der Waals surface area (Å²) >= 11 is 0. The number of ether oxygens (including phenoxy) is 2. The molecule has 6 heteroatoms. The van der Waals surface area contributed by atoms with Crippen LogP contribution in [-0.2, 0) is 13.0 Å². The predicted octanol–water partition coefficient (Wildman–Crippen LogP) is 2.28. The van der Waals surface area contributed by atoms with Crippen molar-refractivity contribution in [3.05, 3.63) is 35.5 Å². The third kappa shape index (κ3) is 3.72. The van der Waals surface area contributed by atoms with Crippen LogP contribution in [0.2, 0.25) is 0 Å². The zero-order valence-electron chi connectivity index (χ0n) is 12.6. The molecule has 2 aromatic rings. The Balaban J connectivity index is 2.14. The lowest BCUT2D eigenvalue weighted by Crippen LogP contribution is -2.07. The van der Waals surface area contributed by atoms with Crippen LogP contribution >= 0.6 is 0 Å². The Morgan fingerprint density at radius 2 is 2.14 bits per heavy atom. The highest BCUT2D eigenvalue weighted by atomic mass is 16.5. The van der Waals surface area contributed by atoms with Gasteiger partial charge < -0.3 is 19.7 Å². The second kappa shape index (κ2) is 7.08. The molecule has 0 bridgehead atoms. The van der Waals surface area contributed by atoms with E-state index in [9.17, 15) is 0 Å². The van der Waals surface area contributed by atoms with Crippen LogP contribution in [0.1, 0.15) is 37.0 Å². The van der Waals surface area contributed by atoms with E-state index in [4.69, 9.17) is 19.7 Å². The molecule has 6 nitrogen and oxygen atoms in total. The minimum absolute atomic E-state index is 0.199. The van der Waals surface area contributed by atoms with E-state index in [1.165, 1.54) is 0 Å². The standard InChI is InChI=1S/C15H21N3O3/c1-10(2)15-17-13(18-21-15)9-20-14-11(7-8-16)5-4-6-12(14)19-3/h4-6,10H,7-9,16H2,1-3H3. The number of hydrogen-bond acceptors (Lipinski definition) is 6. The van der Waals surface area contributed by atoms with Crippen molar-refractivity contribution in [1.82, 2.24) is 10.1 Å². The van der Waals surface area contributed by atoms with Gasteiger partial charge in [-0.15, -0.1) is 0 Å². The summed E-state index contributed by atoms with van der Waals surface area (Å²) in [7, 11) is 1.61. The smallest absolute Gasteiger partial charge is 0.229 e. The maximum atomic E-state index is 5.83. The molecule has 0 radical (unpaired) electrons. The molecular formula is C15H21N3O3. The summed E-state index contributed by atoms with van der Waals surface area (Å²) in [6, 6.07) is 5.74. The number of aromatic nitrogens is 2. The van der Waals surface area contributed by atoms with Crippen molar-refractivity contribution in [2.24, 2.45) is 5.73 Å². The Morgan fingerprint density at radius 3 is 2.76 bits per heavy atom. The van der Waals surface area contributed by atoms with E-state index in [0.717, 1.165) is 12.0 Å². The monoisotopic (exact) mass is 291 g/mol. The van der Waals surface area contributed by atoms with Gasteiger partial charge in [0.25, 0.3) is 0 Å². The van der Waals surface area contributed by atoms with E-state index in [1.54, 1.807) is 7.11 Å². The number of hydrogen-bond donors (Lipinski definition) is 1. The largest absolute Gasteiger partial charge is 0.493 e. The summed E-state index contributed by atoms with van der Waals surface area (Å²) in [5, 5.41) is 3.91. The van der Waals surface area contributed by atoms with Gasteiger partial charge in [-0.3, -0.25) is 0 Å². The van der Waals surface area contributed by atoms with Gasteiger partial charge in [-0.25, -0.2) is 0 Å². The van der Waals surface area contributed by atoms with Gasteiger partial charge in [0.2, 0.25) is 11.7 Å². The van der Waals surface area contributed by atoms with Crippen molar-refractivity contribution in [3.63, 3.8) is 0 Å². The molecule has 1 aromatic carbocycles. The van der Waals surface area contributed by atoms with Crippen LogP contribution in [-0.4, -0.2) is 23.8 Å². The van der Waals surface area contributed by atoms with Crippen molar-refractivity contribution in [2.75, 3.05) is 13.7 Å². The average molecular weight is 291 g/mol. The number of nitrogens with two attached hydrogens (primary N) is 1. The fourth-order valence-electron chi connectivity index (χ4n) is 1.94. The molecule has 0 saturated carbocycles. The number of nitrogens with zero attached hydrogens (tertiary/aromatic N) is 2. The average Bonchev–Trinajstić information content (AvgIpc) is 2.95. The summed E-state index contributed by atoms with van der Waals surface area (Å²) in [5.74, 6) is 2.68. The second-order valence-corrected chi connectivity index (χ2v) is 4.98. The fourth-order valence-corrected chi connectivity index (χ4v) is 1.94. The van der Waals surface area contributed by atoms with E-state index in [0.29, 0.717) is 29.8 Å². The Hall–Kier alpha value is -2.08. The summed E-state index contributed by atoms with van der Waals surface area (Å²) < 4.78 is 16.3. The molecule has 0 aliphatic heterocycles. The highest BCUT2D eigenvalue weighted by molar-refractivity contribution is 5.46. The molecule has 0 saturated heterocycles. The lowest BCUT2D eigenvalue weighted by molar-refractivity contribution is 0.266. The highest BCUT2D eigenvalue weighted by Crippen LogP contribution is 2.31. The van der Waals surface area contributed by atoms with E-state index in [2.05, 4.69) is 10.1 Å². The lowest BCUT2D eigenvalue weighted by Gasteiger charge is -2.13. The Morgan fingerprint density at radius 1 is 1.33 bits per heavy atom. The molecule has 1 heterocycles. The first-order valence-electron chi connectivity index (χ1n) is 6.97. The van der Waals surface area contributed by atoms with Gasteiger partial charge in [0.1, 0.15) is 0 Å². The molecule has 0 fully saturated rings. The molecule has 21 heavy (non-hydrogen) atoms. The third-order valence-electron chi connectivity index (χ3n) is 3.02. The number of rotatable bonds is 7. The first-order valence-corrected chi connectivity index (χ1v) is 6.97. The van der Waals surface area contributed by atoms with Crippen LogP contribution in [0.5, 0.6) is 11.5 Å². The van der Waals surface area contributed by atoms with Gasteiger partial charge in [-0.05, 0) is 24.6 Å². The van der Waals surface area contributed by atoms with E-state index >= 15 is 0 Å². The SMILES string of the molecule is COc1cccc(CCN)c1OCc1noc(C(C)C)n1. The molecule has 0 aliphatic rings. The summed E-state index contributed by atoms with van der Waals surface area (Å²) in [5.41, 5.74) is 6.63. The normalized spacial score (nSPS) is 10.9. The van der Waals surface area contributed by atoms with Crippen molar-refractivity contribution in [1.29, 1.82) is 0 Å². The van der Waals surface area contributed by atoms with Crippen LogP contribution in [0.4, 0.5) is 0 Å². The number of para-hydroxylation sites is 1. The zero-order valence-corrected chi connectivity index (χ0v) is 12.6. The predicted molar refractivity (Wildman–Crippen MR) is 78.5 cm³/mol. The summed E-state index contributed by atoms with van der Waals surface area (Å²) in [4.78, 5) is 4.29. The molecule has 0 spiro atoms. The summed E-state index contributed by atoms with van der Waals surface area (Å²) in [6.45, 7) is 4.77. The molecule has 0 unspecified atom stereocenters. The van der Waals surface area contributed by atoms with Gasteiger partial charge in [-0.1, -0.05) is 31.1 Å². The van der Waals surface area contributed by atoms with E-state index in [-0.39, 0.29) is 12.5 Å².